The summed E-state index contributed by atoms with van der Waals surface area (Å²) in [5.74, 6) is -1.33. The lowest BCUT2D eigenvalue weighted by atomic mass is 10.1. The molecule has 8 heteroatoms. The van der Waals surface area contributed by atoms with Gasteiger partial charge in [-0.25, -0.2) is 4.98 Å². The summed E-state index contributed by atoms with van der Waals surface area (Å²) in [5, 5.41) is 11.2. The number of nitriles is 1. The number of nitrogens with one attached hydrogen (secondary N) is 1. The first kappa shape index (κ1) is 16.4. The molecule has 0 aliphatic rings. The summed E-state index contributed by atoms with van der Waals surface area (Å²) >= 11 is 5.59. The van der Waals surface area contributed by atoms with Crippen LogP contribution in [0.1, 0.15) is 5.56 Å². The normalized spacial score (nSPS) is 10.8. The number of carbonyl (C=O) groups excluding carboxylic acids is 1. The van der Waals surface area contributed by atoms with Crippen molar-refractivity contribution in [2.45, 2.75) is 0 Å². The van der Waals surface area contributed by atoms with Crippen molar-refractivity contribution in [2.24, 2.45) is 0 Å². The minimum Gasteiger partial charge on any atom is -0.436 e. The third-order valence-electron chi connectivity index (χ3n) is 2.66. The van der Waals surface area contributed by atoms with Gasteiger partial charge >= 0.3 is 0 Å². The van der Waals surface area contributed by atoms with Gasteiger partial charge < -0.3 is 10.1 Å². The Labute approximate surface area is 136 Å². The van der Waals surface area contributed by atoms with E-state index in [4.69, 9.17) is 21.6 Å². The average molecular weight is 333 g/mol. The molecule has 1 heterocycles. The van der Waals surface area contributed by atoms with Crippen molar-refractivity contribution in [3.8, 4) is 17.7 Å². The van der Waals surface area contributed by atoms with Crippen LogP contribution in [-0.4, -0.2) is 22.9 Å². The lowest BCUT2D eigenvalue weighted by Gasteiger charge is -2.06. The molecule has 2 aromatic rings. The van der Waals surface area contributed by atoms with Crippen LogP contribution in [0.3, 0.4) is 0 Å². The van der Waals surface area contributed by atoms with Crippen LogP contribution in [-0.2, 0) is 4.79 Å². The van der Waals surface area contributed by atoms with E-state index in [0.29, 0.717) is 5.56 Å². The number of carbonyl (C=O) groups is 1. The number of hydrogen-bond acceptors (Lipinski definition) is 5. The number of ether oxygens (including phenoxy) is 1. The second kappa shape index (κ2) is 7.33. The van der Waals surface area contributed by atoms with Crippen molar-refractivity contribution in [2.75, 3.05) is 7.05 Å². The number of nitrogens with zero attached hydrogens (tertiary/aromatic N) is 3. The summed E-state index contributed by atoms with van der Waals surface area (Å²) in [4.78, 5) is 18.6. The fraction of sp³-hybridized carbons (Fsp3) is 0.0667. The monoisotopic (exact) mass is 332 g/mol. The standard InChI is InChI=1S/C15H10ClFN4O2/c1-19-13(22)10(7-18)5-9-3-2-4-11(6-9)23-14-12(17)8-20-15(16)21-14/h2-6,8H,1H3,(H,19,22)/b10-5+. The van der Waals surface area contributed by atoms with Crippen LogP contribution in [0.5, 0.6) is 11.6 Å². The van der Waals surface area contributed by atoms with Gasteiger partial charge in [-0.3, -0.25) is 4.79 Å². The Kier molecular flexibility index (Phi) is 5.23. The van der Waals surface area contributed by atoms with Crippen LogP contribution in [0, 0.1) is 17.1 Å². The van der Waals surface area contributed by atoms with Crippen LogP contribution in [0.2, 0.25) is 5.28 Å². The largest absolute Gasteiger partial charge is 0.436 e. The summed E-state index contributed by atoms with van der Waals surface area (Å²) in [6, 6.07) is 8.18. The van der Waals surface area contributed by atoms with Gasteiger partial charge in [-0.1, -0.05) is 12.1 Å². The third-order valence-corrected chi connectivity index (χ3v) is 2.84. The van der Waals surface area contributed by atoms with Crippen molar-refractivity contribution < 1.29 is 13.9 Å². The molecule has 0 radical (unpaired) electrons. The van der Waals surface area contributed by atoms with Crippen LogP contribution >= 0.6 is 11.6 Å². The highest BCUT2D eigenvalue weighted by Gasteiger charge is 2.10. The molecule has 0 bridgehead atoms. The molecule has 0 aliphatic heterocycles. The second-order valence-electron chi connectivity index (χ2n) is 4.22. The molecule has 0 saturated carbocycles. The van der Waals surface area contributed by atoms with Crippen LogP contribution < -0.4 is 10.1 Å². The van der Waals surface area contributed by atoms with Gasteiger partial charge in [0.2, 0.25) is 11.1 Å². The minimum atomic E-state index is -0.765. The fourth-order valence-electron chi connectivity index (χ4n) is 1.63. The molecule has 1 aromatic heterocycles. The number of aromatic nitrogens is 2. The van der Waals surface area contributed by atoms with Crippen molar-refractivity contribution in [1.29, 1.82) is 5.26 Å². The van der Waals surface area contributed by atoms with Crippen molar-refractivity contribution in [3.05, 3.63) is 52.7 Å². The van der Waals surface area contributed by atoms with Gasteiger partial charge in [0.05, 0.1) is 6.20 Å². The molecule has 0 spiro atoms. The molecule has 0 fully saturated rings. The summed E-state index contributed by atoms with van der Waals surface area (Å²) in [5.41, 5.74) is 0.462. The highest BCUT2D eigenvalue weighted by molar-refractivity contribution is 6.28. The summed E-state index contributed by atoms with van der Waals surface area (Å²) in [7, 11) is 1.43. The zero-order valence-electron chi connectivity index (χ0n) is 11.9. The highest BCUT2D eigenvalue weighted by atomic mass is 35.5. The van der Waals surface area contributed by atoms with Gasteiger partial charge in [0.1, 0.15) is 17.4 Å². The maximum Gasteiger partial charge on any atom is 0.261 e. The summed E-state index contributed by atoms with van der Waals surface area (Å²) in [6.07, 6.45) is 2.28. The topological polar surface area (TPSA) is 87.9 Å². The SMILES string of the molecule is CNC(=O)/C(C#N)=C/c1cccc(Oc2nc(Cl)ncc2F)c1. The maximum absolute atomic E-state index is 13.6. The predicted molar refractivity (Wildman–Crippen MR) is 81.2 cm³/mol. The van der Waals surface area contributed by atoms with Gasteiger partial charge in [0.15, 0.2) is 0 Å². The summed E-state index contributed by atoms with van der Waals surface area (Å²) in [6.45, 7) is 0. The maximum atomic E-state index is 13.6. The van der Waals surface area contributed by atoms with Gasteiger partial charge in [0.25, 0.3) is 11.8 Å². The Morgan fingerprint density at radius 1 is 1.52 bits per heavy atom. The number of amides is 1. The molecule has 1 N–H and O–H groups in total. The van der Waals surface area contributed by atoms with E-state index >= 15 is 0 Å². The Morgan fingerprint density at radius 2 is 2.30 bits per heavy atom. The fourth-order valence-corrected chi connectivity index (χ4v) is 1.76. The van der Waals surface area contributed by atoms with E-state index in [1.165, 1.54) is 19.2 Å². The van der Waals surface area contributed by atoms with Crippen molar-refractivity contribution in [1.82, 2.24) is 15.3 Å². The first-order valence-electron chi connectivity index (χ1n) is 6.33. The molecule has 0 aliphatic carbocycles. The smallest absolute Gasteiger partial charge is 0.261 e. The van der Waals surface area contributed by atoms with Crippen molar-refractivity contribution in [3.63, 3.8) is 0 Å². The molecule has 2 rings (SSSR count). The van der Waals surface area contributed by atoms with Gasteiger partial charge in [-0.15, -0.1) is 0 Å². The first-order valence-corrected chi connectivity index (χ1v) is 6.71. The molecule has 23 heavy (non-hydrogen) atoms. The number of halogens is 2. The van der Waals surface area contributed by atoms with E-state index in [2.05, 4.69) is 15.3 Å². The number of rotatable bonds is 4. The minimum absolute atomic E-state index is 0.0686. The second-order valence-corrected chi connectivity index (χ2v) is 4.55. The zero-order valence-corrected chi connectivity index (χ0v) is 12.6. The average Bonchev–Trinajstić information content (AvgIpc) is 2.55. The molecule has 0 saturated heterocycles. The van der Waals surface area contributed by atoms with Gasteiger partial charge in [-0.2, -0.15) is 14.6 Å². The summed E-state index contributed by atoms with van der Waals surface area (Å²) < 4.78 is 18.9. The van der Waals surface area contributed by atoms with E-state index in [1.807, 2.05) is 0 Å². The quantitative estimate of drug-likeness (QED) is 0.528. The first-order chi connectivity index (χ1) is 11.0. The molecular weight excluding hydrogens is 323 g/mol. The number of benzene rings is 1. The van der Waals surface area contributed by atoms with Gasteiger partial charge in [0, 0.05) is 7.05 Å². The molecule has 1 aromatic carbocycles. The predicted octanol–water partition coefficient (Wildman–Crippen LogP) is 2.71. The Morgan fingerprint density at radius 3 is 3.00 bits per heavy atom. The van der Waals surface area contributed by atoms with E-state index < -0.39 is 11.7 Å². The van der Waals surface area contributed by atoms with Gasteiger partial charge in [-0.05, 0) is 35.4 Å². The zero-order chi connectivity index (χ0) is 16.8. The van der Waals surface area contributed by atoms with Crippen LogP contribution in [0.4, 0.5) is 4.39 Å². The molecular formula is C15H10ClFN4O2. The lowest BCUT2D eigenvalue weighted by molar-refractivity contribution is -0.116. The highest BCUT2D eigenvalue weighted by Crippen LogP contribution is 2.24. The number of likely N-dealkylation sites (N-methyl/N-ethyl adjacent to an activating group) is 1. The van der Waals surface area contributed by atoms with E-state index in [1.54, 1.807) is 24.3 Å². The lowest BCUT2D eigenvalue weighted by Crippen LogP contribution is -2.19. The Bertz CT molecular complexity index is 817. The van der Waals surface area contributed by atoms with Crippen LogP contribution in [0.15, 0.2) is 36.0 Å². The van der Waals surface area contributed by atoms with Crippen molar-refractivity contribution >= 4 is 23.6 Å². The molecule has 1 amide bonds. The third kappa shape index (κ3) is 4.25. The van der Waals surface area contributed by atoms with E-state index in [0.717, 1.165) is 6.20 Å². The molecule has 116 valence electrons. The number of hydrogen-bond donors (Lipinski definition) is 1. The molecule has 6 nitrogen and oxygen atoms in total. The Balaban J connectivity index is 2.30. The van der Waals surface area contributed by atoms with E-state index in [9.17, 15) is 9.18 Å². The van der Waals surface area contributed by atoms with E-state index in [-0.39, 0.29) is 22.5 Å². The molecule has 0 unspecified atom stereocenters. The molecule has 0 atom stereocenters. The Hall–Kier alpha value is -2.98. The van der Waals surface area contributed by atoms with Crippen LogP contribution in [0.25, 0.3) is 6.08 Å².